The first-order valence-electron chi connectivity index (χ1n) is 10.5. The molecule has 0 spiro atoms. The summed E-state index contributed by atoms with van der Waals surface area (Å²) < 4.78 is 0. The summed E-state index contributed by atoms with van der Waals surface area (Å²) in [5.74, 6) is -0.309. The van der Waals surface area contributed by atoms with Crippen LogP contribution in [0.4, 0.5) is 5.13 Å². The van der Waals surface area contributed by atoms with Crippen molar-refractivity contribution in [3.8, 4) is 0 Å². The SMILES string of the molecule is CN1CCCC1C(=O)N[C@@H](Cc1cccc2ccccc12)C(=O)NCc1cnc(N)s1. The summed E-state index contributed by atoms with van der Waals surface area (Å²) in [4.78, 5) is 33.0. The number of fused-ring (bicyclic) bond motifs is 1. The normalized spacial score (nSPS) is 17.5. The molecule has 0 saturated carbocycles. The van der Waals surface area contributed by atoms with Crippen LogP contribution in [0.5, 0.6) is 0 Å². The van der Waals surface area contributed by atoms with Gasteiger partial charge in [0.05, 0.1) is 12.6 Å². The van der Waals surface area contributed by atoms with Crippen molar-refractivity contribution in [2.75, 3.05) is 19.3 Å². The number of anilines is 1. The van der Waals surface area contributed by atoms with E-state index in [-0.39, 0.29) is 17.9 Å². The van der Waals surface area contributed by atoms with E-state index in [0.29, 0.717) is 18.1 Å². The molecule has 1 aliphatic rings. The molecule has 1 fully saturated rings. The first-order valence-corrected chi connectivity index (χ1v) is 11.3. The van der Waals surface area contributed by atoms with Crippen molar-refractivity contribution >= 4 is 39.1 Å². The number of thiazole rings is 1. The Morgan fingerprint density at radius 3 is 2.81 bits per heavy atom. The van der Waals surface area contributed by atoms with Crippen LogP contribution < -0.4 is 16.4 Å². The largest absolute Gasteiger partial charge is 0.375 e. The Balaban J connectivity index is 1.53. The van der Waals surface area contributed by atoms with Gasteiger partial charge in [-0.3, -0.25) is 14.5 Å². The fourth-order valence-corrected chi connectivity index (χ4v) is 4.73. The van der Waals surface area contributed by atoms with Crippen molar-refractivity contribution in [3.05, 3.63) is 59.1 Å². The van der Waals surface area contributed by atoms with Crippen LogP contribution in [-0.2, 0) is 22.6 Å². The van der Waals surface area contributed by atoms with Crippen LogP contribution in [-0.4, -0.2) is 47.4 Å². The van der Waals surface area contributed by atoms with E-state index in [4.69, 9.17) is 5.73 Å². The van der Waals surface area contributed by atoms with Crippen LogP contribution in [0.15, 0.2) is 48.7 Å². The number of aromatic nitrogens is 1. The summed E-state index contributed by atoms with van der Waals surface area (Å²) in [7, 11) is 1.95. The minimum atomic E-state index is -0.669. The Morgan fingerprint density at radius 2 is 2.06 bits per heavy atom. The fourth-order valence-electron chi connectivity index (χ4n) is 4.11. The van der Waals surface area contributed by atoms with Crippen molar-refractivity contribution in [3.63, 3.8) is 0 Å². The lowest BCUT2D eigenvalue weighted by molar-refractivity contribution is -0.131. The predicted octanol–water partition coefficient (Wildman–Crippen LogP) is 2.32. The molecule has 3 aromatic rings. The molecule has 0 bridgehead atoms. The summed E-state index contributed by atoms with van der Waals surface area (Å²) in [5, 5.41) is 8.62. The van der Waals surface area contributed by atoms with Gasteiger partial charge in [-0.25, -0.2) is 4.98 Å². The van der Waals surface area contributed by atoms with E-state index in [1.165, 1.54) is 11.3 Å². The molecule has 2 aromatic carbocycles. The highest BCUT2D eigenvalue weighted by Crippen LogP contribution is 2.21. The minimum absolute atomic E-state index is 0.0950. The van der Waals surface area contributed by atoms with E-state index in [2.05, 4.69) is 15.6 Å². The zero-order valence-corrected chi connectivity index (χ0v) is 18.3. The molecule has 2 heterocycles. The Morgan fingerprint density at radius 1 is 1.26 bits per heavy atom. The zero-order chi connectivity index (χ0) is 21.8. The number of nitrogens with two attached hydrogens (primary N) is 1. The van der Waals surface area contributed by atoms with Gasteiger partial charge in [-0.2, -0.15) is 0 Å². The first-order chi connectivity index (χ1) is 15.0. The van der Waals surface area contributed by atoms with Gasteiger partial charge in [-0.1, -0.05) is 42.5 Å². The molecule has 2 atom stereocenters. The highest BCUT2D eigenvalue weighted by atomic mass is 32.1. The molecule has 1 saturated heterocycles. The van der Waals surface area contributed by atoms with Crippen LogP contribution in [0.25, 0.3) is 10.8 Å². The van der Waals surface area contributed by atoms with E-state index in [1.54, 1.807) is 6.20 Å². The van der Waals surface area contributed by atoms with Gasteiger partial charge >= 0.3 is 0 Å². The molecule has 8 heteroatoms. The number of nitrogens with zero attached hydrogens (tertiary/aromatic N) is 2. The minimum Gasteiger partial charge on any atom is -0.375 e. The number of rotatable bonds is 7. The van der Waals surface area contributed by atoms with Crippen LogP contribution >= 0.6 is 11.3 Å². The highest BCUT2D eigenvalue weighted by Gasteiger charge is 2.31. The van der Waals surface area contributed by atoms with Gasteiger partial charge < -0.3 is 16.4 Å². The Bertz CT molecular complexity index is 1080. The zero-order valence-electron chi connectivity index (χ0n) is 17.5. The smallest absolute Gasteiger partial charge is 0.243 e. The quantitative estimate of drug-likeness (QED) is 0.527. The monoisotopic (exact) mass is 437 g/mol. The average molecular weight is 438 g/mol. The molecule has 162 valence electrons. The molecule has 1 aromatic heterocycles. The maximum atomic E-state index is 13.1. The molecule has 4 N–H and O–H groups in total. The molecular formula is C23H27N5O2S. The Labute approximate surface area is 185 Å². The Kier molecular flexibility index (Phi) is 6.48. The molecule has 0 aliphatic carbocycles. The van der Waals surface area contributed by atoms with Gasteiger partial charge in [0.15, 0.2) is 5.13 Å². The number of likely N-dealkylation sites (tertiary alicyclic amines) is 1. The van der Waals surface area contributed by atoms with E-state index < -0.39 is 6.04 Å². The topological polar surface area (TPSA) is 100 Å². The molecule has 1 unspecified atom stereocenters. The number of hydrogen-bond acceptors (Lipinski definition) is 6. The van der Waals surface area contributed by atoms with Crippen LogP contribution in [0.2, 0.25) is 0 Å². The van der Waals surface area contributed by atoms with Gasteiger partial charge in [0, 0.05) is 17.5 Å². The second-order valence-electron chi connectivity index (χ2n) is 7.92. The number of nitrogens with one attached hydrogen (secondary N) is 2. The van der Waals surface area contributed by atoms with Gasteiger partial charge in [0.2, 0.25) is 11.8 Å². The standard InChI is InChI=1S/C23H27N5O2S/c1-28-11-5-10-20(28)22(30)27-19(21(29)25-13-17-14-26-23(24)31-17)12-16-8-4-7-15-6-2-3-9-18(15)16/h2-4,6-9,14,19-20H,5,10-13H2,1H3,(H2,24,26)(H,25,29)(H,27,30)/t19-,20?/m0/s1. The molecule has 7 nitrogen and oxygen atoms in total. The molecule has 0 radical (unpaired) electrons. The van der Waals surface area contributed by atoms with Crippen LogP contribution in [0, 0.1) is 0 Å². The predicted molar refractivity (Wildman–Crippen MR) is 124 cm³/mol. The van der Waals surface area contributed by atoms with Gasteiger partial charge in [-0.05, 0) is 42.8 Å². The third kappa shape index (κ3) is 5.03. The maximum Gasteiger partial charge on any atom is 0.243 e. The van der Waals surface area contributed by atoms with Crippen molar-refractivity contribution in [1.29, 1.82) is 0 Å². The third-order valence-corrected chi connectivity index (χ3v) is 6.59. The van der Waals surface area contributed by atoms with Crippen molar-refractivity contribution in [2.24, 2.45) is 0 Å². The van der Waals surface area contributed by atoms with Gasteiger partial charge in [0.25, 0.3) is 0 Å². The second kappa shape index (κ2) is 9.45. The van der Waals surface area contributed by atoms with Crippen molar-refractivity contribution in [1.82, 2.24) is 20.5 Å². The summed E-state index contributed by atoms with van der Waals surface area (Å²) in [5.41, 5.74) is 6.71. The third-order valence-electron chi connectivity index (χ3n) is 5.77. The molecule has 1 aliphatic heterocycles. The van der Waals surface area contributed by atoms with Crippen LogP contribution in [0.1, 0.15) is 23.3 Å². The number of likely N-dealkylation sites (N-methyl/N-ethyl adjacent to an activating group) is 1. The summed E-state index contributed by atoms with van der Waals surface area (Å²) in [6, 6.07) is 13.3. The summed E-state index contributed by atoms with van der Waals surface area (Å²) >= 11 is 1.34. The highest BCUT2D eigenvalue weighted by molar-refractivity contribution is 7.15. The fraction of sp³-hybridized carbons (Fsp3) is 0.348. The van der Waals surface area contributed by atoms with Crippen LogP contribution in [0.3, 0.4) is 0 Å². The molecule has 4 rings (SSSR count). The average Bonchev–Trinajstić information content (AvgIpc) is 3.39. The summed E-state index contributed by atoms with van der Waals surface area (Å²) in [6.45, 7) is 1.23. The van der Waals surface area contributed by atoms with E-state index in [1.807, 2.05) is 54.4 Å². The van der Waals surface area contributed by atoms with Crippen molar-refractivity contribution in [2.45, 2.75) is 37.9 Å². The van der Waals surface area contributed by atoms with Gasteiger partial charge in [-0.15, -0.1) is 11.3 Å². The molecule has 31 heavy (non-hydrogen) atoms. The number of carbonyl (C=O) groups excluding carboxylic acids is 2. The lowest BCUT2D eigenvalue weighted by Crippen LogP contribution is -2.52. The van der Waals surface area contributed by atoms with E-state index in [0.717, 1.165) is 40.6 Å². The number of benzene rings is 2. The van der Waals surface area contributed by atoms with Gasteiger partial charge in [0.1, 0.15) is 6.04 Å². The van der Waals surface area contributed by atoms with Crippen molar-refractivity contribution < 1.29 is 9.59 Å². The molecular weight excluding hydrogens is 410 g/mol. The summed E-state index contributed by atoms with van der Waals surface area (Å²) in [6.07, 6.45) is 3.87. The number of hydrogen-bond donors (Lipinski definition) is 3. The lowest BCUT2D eigenvalue weighted by atomic mass is 9.98. The number of nitrogen functional groups attached to an aromatic ring is 1. The maximum absolute atomic E-state index is 13.1. The second-order valence-corrected chi connectivity index (χ2v) is 9.07. The molecule has 2 amide bonds. The Hall–Kier alpha value is -2.97. The lowest BCUT2D eigenvalue weighted by Gasteiger charge is -2.24. The first kappa shape index (κ1) is 21.3. The number of carbonyl (C=O) groups is 2. The van der Waals surface area contributed by atoms with E-state index >= 15 is 0 Å². The number of amides is 2. The van der Waals surface area contributed by atoms with E-state index in [9.17, 15) is 9.59 Å².